The Morgan fingerprint density at radius 2 is 2.04 bits per heavy atom. The van der Waals surface area contributed by atoms with Gasteiger partial charge in [-0.1, -0.05) is 17.7 Å². The number of rotatable bonds is 3. The zero-order valence-electron chi connectivity index (χ0n) is 12.5. The van der Waals surface area contributed by atoms with Gasteiger partial charge in [-0.05, 0) is 36.8 Å². The highest BCUT2D eigenvalue weighted by molar-refractivity contribution is 6.31. The number of esters is 1. The number of nitrogens with one attached hydrogen (secondary N) is 1. The van der Waals surface area contributed by atoms with Gasteiger partial charge in [0.05, 0.1) is 5.52 Å². The summed E-state index contributed by atoms with van der Waals surface area (Å²) in [5.74, 6) is -0.654. The molecule has 0 saturated heterocycles. The number of ether oxygens (including phenoxy) is 1. The van der Waals surface area contributed by atoms with Gasteiger partial charge in [0.15, 0.2) is 5.75 Å². The molecule has 3 rings (SSSR count). The molecule has 116 valence electrons. The van der Waals surface area contributed by atoms with Crippen LogP contribution in [0.25, 0.3) is 10.9 Å². The molecule has 0 saturated carbocycles. The number of pyridine rings is 1. The van der Waals surface area contributed by atoms with Crippen LogP contribution >= 0.6 is 11.6 Å². The Bertz CT molecular complexity index is 931. The summed E-state index contributed by atoms with van der Waals surface area (Å²) in [5.41, 5.74) is 1.84. The van der Waals surface area contributed by atoms with Crippen LogP contribution in [0.5, 0.6) is 5.75 Å². The molecule has 5 nitrogen and oxygen atoms in total. The fourth-order valence-corrected chi connectivity index (χ4v) is 2.57. The zero-order valence-corrected chi connectivity index (χ0v) is 13.3. The highest BCUT2D eigenvalue weighted by atomic mass is 35.5. The Morgan fingerprint density at radius 1 is 1.26 bits per heavy atom. The fraction of sp³-hybridized carbons (Fsp3) is 0.118. The lowest BCUT2D eigenvalue weighted by molar-refractivity contribution is -0.131. The standard InChI is InChI=1S/C17H13ClN2O3/c1-9-4-3-7-19-14(9)16(22)15-17(23-10(2)21)12-6-5-11(18)8-13(12)20-15/h3-8,20H,1-2H3. The third-order valence-corrected chi connectivity index (χ3v) is 3.65. The third-order valence-electron chi connectivity index (χ3n) is 3.41. The summed E-state index contributed by atoms with van der Waals surface area (Å²) in [7, 11) is 0. The van der Waals surface area contributed by atoms with Crippen LogP contribution in [0.15, 0.2) is 36.5 Å². The van der Waals surface area contributed by atoms with Crippen LogP contribution in [0.2, 0.25) is 5.02 Å². The predicted molar refractivity (Wildman–Crippen MR) is 87.0 cm³/mol. The molecule has 23 heavy (non-hydrogen) atoms. The number of halogens is 1. The normalized spacial score (nSPS) is 10.7. The minimum atomic E-state index is -0.507. The lowest BCUT2D eigenvalue weighted by Gasteiger charge is -2.05. The molecule has 1 N–H and O–H groups in total. The molecule has 0 atom stereocenters. The van der Waals surface area contributed by atoms with Crippen LogP contribution < -0.4 is 4.74 Å². The molecule has 6 heteroatoms. The van der Waals surface area contributed by atoms with Crippen LogP contribution in [-0.2, 0) is 4.79 Å². The number of hydrogen-bond donors (Lipinski definition) is 1. The third kappa shape index (κ3) is 2.83. The molecule has 0 aliphatic rings. The Kier molecular flexibility index (Phi) is 3.88. The molecule has 0 bridgehead atoms. The van der Waals surface area contributed by atoms with Crippen molar-refractivity contribution < 1.29 is 14.3 Å². The zero-order chi connectivity index (χ0) is 16.6. The number of aromatic amines is 1. The average molecular weight is 329 g/mol. The second-order valence-electron chi connectivity index (χ2n) is 5.11. The number of carbonyl (C=O) groups excluding carboxylic acids is 2. The van der Waals surface area contributed by atoms with E-state index >= 15 is 0 Å². The monoisotopic (exact) mass is 328 g/mol. The van der Waals surface area contributed by atoms with Gasteiger partial charge in [-0.2, -0.15) is 0 Å². The van der Waals surface area contributed by atoms with E-state index in [1.807, 2.05) is 0 Å². The van der Waals surface area contributed by atoms with Crippen molar-refractivity contribution in [2.75, 3.05) is 0 Å². The second-order valence-corrected chi connectivity index (χ2v) is 5.55. The first-order valence-electron chi connectivity index (χ1n) is 6.93. The number of aryl methyl sites for hydroxylation is 1. The number of ketones is 1. The topological polar surface area (TPSA) is 72.1 Å². The number of fused-ring (bicyclic) bond motifs is 1. The van der Waals surface area contributed by atoms with E-state index in [0.717, 1.165) is 5.56 Å². The van der Waals surface area contributed by atoms with Crippen LogP contribution in [0.4, 0.5) is 0 Å². The molecule has 2 heterocycles. The Hall–Kier alpha value is -2.66. The fourth-order valence-electron chi connectivity index (χ4n) is 2.40. The van der Waals surface area contributed by atoms with E-state index in [4.69, 9.17) is 16.3 Å². The Morgan fingerprint density at radius 3 is 2.74 bits per heavy atom. The first kappa shape index (κ1) is 15.2. The van der Waals surface area contributed by atoms with Crippen molar-refractivity contribution in [3.05, 3.63) is 58.5 Å². The molecule has 0 aliphatic heterocycles. The molecule has 0 aliphatic carbocycles. The van der Waals surface area contributed by atoms with E-state index < -0.39 is 5.97 Å². The van der Waals surface area contributed by atoms with Gasteiger partial charge >= 0.3 is 5.97 Å². The van der Waals surface area contributed by atoms with Gasteiger partial charge in [-0.25, -0.2) is 0 Å². The molecule has 1 aromatic carbocycles. The number of aromatic nitrogens is 2. The van der Waals surface area contributed by atoms with Crippen molar-refractivity contribution in [1.29, 1.82) is 0 Å². The van der Waals surface area contributed by atoms with E-state index in [9.17, 15) is 9.59 Å². The molecule has 3 aromatic rings. The highest BCUT2D eigenvalue weighted by Gasteiger charge is 2.23. The number of H-pyrrole nitrogens is 1. The molecular weight excluding hydrogens is 316 g/mol. The Balaban J connectivity index is 2.21. The summed E-state index contributed by atoms with van der Waals surface area (Å²) in [4.78, 5) is 31.3. The lowest BCUT2D eigenvalue weighted by Crippen LogP contribution is -2.10. The minimum absolute atomic E-state index is 0.180. The van der Waals surface area contributed by atoms with Crippen molar-refractivity contribution in [2.45, 2.75) is 13.8 Å². The van der Waals surface area contributed by atoms with E-state index in [0.29, 0.717) is 21.6 Å². The van der Waals surface area contributed by atoms with E-state index in [2.05, 4.69) is 9.97 Å². The summed E-state index contributed by atoms with van der Waals surface area (Å²) in [6.07, 6.45) is 1.55. The van der Waals surface area contributed by atoms with Gasteiger partial charge < -0.3 is 9.72 Å². The maximum Gasteiger partial charge on any atom is 0.308 e. The molecule has 0 radical (unpaired) electrons. The lowest BCUT2D eigenvalue weighted by atomic mass is 10.1. The molecule has 0 spiro atoms. The van der Waals surface area contributed by atoms with E-state index in [1.54, 1.807) is 43.5 Å². The largest absolute Gasteiger partial charge is 0.424 e. The summed E-state index contributed by atoms with van der Waals surface area (Å²) < 4.78 is 5.26. The maximum atomic E-state index is 12.8. The van der Waals surface area contributed by atoms with Crippen LogP contribution in [0.1, 0.15) is 28.7 Å². The summed E-state index contributed by atoms with van der Waals surface area (Å²) >= 11 is 5.98. The van der Waals surface area contributed by atoms with Crippen LogP contribution in [0, 0.1) is 6.92 Å². The van der Waals surface area contributed by atoms with Crippen LogP contribution in [-0.4, -0.2) is 21.7 Å². The summed E-state index contributed by atoms with van der Waals surface area (Å²) in [6.45, 7) is 3.08. The van der Waals surface area contributed by atoms with Crippen molar-refractivity contribution in [3.8, 4) is 5.75 Å². The van der Waals surface area contributed by atoms with Crippen molar-refractivity contribution in [2.24, 2.45) is 0 Å². The minimum Gasteiger partial charge on any atom is -0.424 e. The SMILES string of the molecule is CC(=O)Oc1c(C(=O)c2ncccc2C)[nH]c2cc(Cl)ccc12. The maximum absolute atomic E-state index is 12.8. The number of nitrogens with zero attached hydrogens (tertiary/aromatic N) is 1. The van der Waals surface area contributed by atoms with Crippen molar-refractivity contribution in [3.63, 3.8) is 0 Å². The van der Waals surface area contributed by atoms with Gasteiger partial charge in [0.2, 0.25) is 5.78 Å². The summed E-state index contributed by atoms with van der Waals surface area (Å²) in [5, 5.41) is 1.13. The van der Waals surface area contributed by atoms with Crippen molar-refractivity contribution in [1.82, 2.24) is 9.97 Å². The smallest absolute Gasteiger partial charge is 0.308 e. The quantitative estimate of drug-likeness (QED) is 0.588. The molecule has 0 unspecified atom stereocenters. The predicted octanol–water partition coefficient (Wildman–Crippen LogP) is 3.68. The van der Waals surface area contributed by atoms with Gasteiger partial charge in [0.1, 0.15) is 11.4 Å². The molecule has 0 fully saturated rings. The van der Waals surface area contributed by atoms with Gasteiger partial charge in [-0.15, -0.1) is 0 Å². The van der Waals surface area contributed by atoms with Gasteiger partial charge in [-0.3, -0.25) is 14.6 Å². The molecule has 0 amide bonds. The number of benzene rings is 1. The Labute approximate surface area is 137 Å². The van der Waals surface area contributed by atoms with Gasteiger partial charge in [0, 0.05) is 23.5 Å². The molecule has 2 aromatic heterocycles. The van der Waals surface area contributed by atoms with Gasteiger partial charge in [0.25, 0.3) is 0 Å². The van der Waals surface area contributed by atoms with Crippen molar-refractivity contribution >= 4 is 34.3 Å². The first-order valence-corrected chi connectivity index (χ1v) is 7.31. The number of hydrogen-bond acceptors (Lipinski definition) is 4. The summed E-state index contributed by atoms with van der Waals surface area (Å²) in [6, 6.07) is 8.60. The average Bonchev–Trinajstić information content (AvgIpc) is 2.84. The van der Waals surface area contributed by atoms with E-state index in [-0.39, 0.29) is 17.2 Å². The first-order chi connectivity index (χ1) is 11.0. The number of carbonyl (C=O) groups is 2. The highest BCUT2D eigenvalue weighted by Crippen LogP contribution is 2.33. The van der Waals surface area contributed by atoms with Crippen LogP contribution in [0.3, 0.4) is 0 Å². The second kappa shape index (κ2) is 5.85. The molecular formula is C17H13ClN2O3. The van der Waals surface area contributed by atoms with E-state index in [1.165, 1.54) is 6.92 Å².